The summed E-state index contributed by atoms with van der Waals surface area (Å²) in [7, 11) is -1.30. The summed E-state index contributed by atoms with van der Waals surface area (Å²) in [6, 6.07) is 18.4. The molecule has 6 aliphatic heterocycles. The van der Waals surface area contributed by atoms with E-state index >= 15 is 0 Å². The van der Waals surface area contributed by atoms with Gasteiger partial charge in [-0.3, -0.25) is 4.90 Å². The average Bonchev–Trinajstić information content (AvgIpc) is 3.85. The lowest BCUT2D eigenvalue weighted by Gasteiger charge is -2.56. The van der Waals surface area contributed by atoms with Crippen LogP contribution in [0, 0.1) is 10.8 Å². The van der Waals surface area contributed by atoms with Crippen LogP contribution in [0.5, 0.6) is 0 Å². The third-order valence-electron chi connectivity index (χ3n) is 15.3. The first-order valence-electron chi connectivity index (χ1n) is 19.2. The van der Waals surface area contributed by atoms with Gasteiger partial charge in [-0.15, -0.1) is 0 Å². The molecule has 6 heterocycles. The predicted molar refractivity (Wildman–Crippen MR) is 196 cm³/mol. The zero-order valence-electron chi connectivity index (χ0n) is 30.5. The molecule has 52 heavy (non-hydrogen) atoms. The standard InChI is InChI=1S/C40H49N4.CHF3O3S/c1-5-36-16-9-23-43-25-21-38(34(36)43)30-27-28(13-14-31(30)41(3)33(38)15-18-36)40-20-19-37(6-2)17-10-24-44-26-22-39(40,35(37)44)29-11-7-8-12-32(29)42(40)4;2-1(3,4)8(5,6)7/h7-8,11-15,18-20,27,33-34H,5-6,9-10,16-17,21-26H2,1-4H3;(H,5,6,7)/q+1;/p-1/t33-,34-,36-,37-,38-,39+,40+;/m0./s1. The molecular weight excluding hydrogens is 686 g/mol. The van der Waals surface area contributed by atoms with Crippen molar-refractivity contribution in [2.75, 3.05) is 50.1 Å². The molecule has 0 radical (unpaired) electrons. The van der Waals surface area contributed by atoms with Crippen molar-refractivity contribution in [2.24, 2.45) is 10.8 Å². The molecule has 10 rings (SSSR count). The molecule has 2 aliphatic carbocycles. The van der Waals surface area contributed by atoms with Crippen molar-refractivity contribution >= 4 is 27.2 Å². The highest BCUT2D eigenvalue weighted by atomic mass is 32.2. The summed E-state index contributed by atoms with van der Waals surface area (Å²) >= 11 is 0. The molecule has 2 saturated heterocycles. The first-order valence-corrected chi connectivity index (χ1v) is 20.6. The van der Waals surface area contributed by atoms with E-state index in [1.807, 2.05) is 0 Å². The molecule has 7 atom stereocenters. The van der Waals surface area contributed by atoms with Gasteiger partial charge in [0.1, 0.15) is 24.0 Å². The number of hydrogen-bond acceptors (Lipinski definition) is 6. The Morgan fingerprint density at radius 3 is 2.38 bits per heavy atom. The highest BCUT2D eigenvalue weighted by Crippen LogP contribution is 2.68. The Morgan fingerprint density at radius 1 is 0.885 bits per heavy atom. The van der Waals surface area contributed by atoms with E-state index in [4.69, 9.17) is 13.0 Å². The quantitative estimate of drug-likeness (QED) is 0.149. The summed E-state index contributed by atoms with van der Waals surface area (Å²) in [5, 5.41) is 0. The van der Waals surface area contributed by atoms with Crippen LogP contribution in [0.2, 0.25) is 0 Å². The number of likely N-dealkylation sites (N-methyl/N-ethyl adjacent to an activating group) is 2. The van der Waals surface area contributed by atoms with Gasteiger partial charge in [0, 0.05) is 55.2 Å². The van der Waals surface area contributed by atoms with Gasteiger partial charge in [-0.25, -0.2) is 13.0 Å². The van der Waals surface area contributed by atoms with Crippen molar-refractivity contribution in [1.29, 1.82) is 0 Å². The van der Waals surface area contributed by atoms with Crippen molar-refractivity contribution in [3.8, 4) is 0 Å². The van der Waals surface area contributed by atoms with Gasteiger partial charge >= 0.3 is 5.51 Å². The summed E-state index contributed by atoms with van der Waals surface area (Å²) in [6.07, 6.45) is 21.0. The highest BCUT2D eigenvalue weighted by Gasteiger charge is 2.74. The molecule has 0 unspecified atom stereocenters. The van der Waals surface area contributed by atoms with Crippen molar-refractivity contribution in [3.05, 3.63) is 83.5 Å². The lowest BCUT2D eigenvalue weighted by atomic mass is 9.50. The molecule has 0 aromatic heterocycles. The van der Waals surface area contributed by atoms with E-state index in [2.05, 4.69) is 114 Å². The number of para-hydroxylation sites is 1. The number of anilines is 2. The molecule has 0 saturated carbocycles. The van der Waals surface area contributed by atoms with Gasteiger partial charge in [-0.05, 0) is 80.4 Å². The van der Waals surface area contributed by atoms with Crippen LogP contribution >= 0.6 is 0 Å². The van der Waals surface area contributed by atoms with Crippen LogP contribution in [-0.4, -0.2) is 86.0 Å². The Labute approximate surface area is 305 Å². The molecule has 2 aromatic rings. The predicted octanol–water partition coefficient (Wildman–Crippen LogP) is 6.83. The second kappa shape index (κ2) is 11.0. The maximum atomic E-state index is 10.7. The number of hydrogen-bond donors (Lipinski definition) is 0. The number of piperidine rings is 1. The number of nitrogens with zero attached hydrogens (tertiary/aromatic N) is 4. The van der Waals surface area contributed by atoms with Crippen LogP contribution in [0.15, 0.2) is 66.8 Å². The van der Waals surface area contributed by atoms with Gasteiger partial charge in [0.25, 0.3) is 0 Å². The fourth-order valence-corrected chi connectivity index (χ4v) is 13.3. The summed E-state index contributed by atoms with van der Waals surface area (Å²) in [6.45, 7) is 9.83. The van der Waals surface area contributed by atoms with Crippen molar-refractivity contribution in [1.82, 2.24) is 4.90 Å². The highest BCUT2D eigenvalue weighted by molar-refractivity contribution is 7.86. The van der Waals surface area contributed by atoms with Crippen molar-refractivity contribution in [2.45, 2.75) is 99.2 Å². The Bertz CT molecular complexity index is 2060. The van der Waals surface area contributed by atoms with E-state index in [0.717, 1.165) is 0 Å². The summed E-state index contributed by atoms with van der Waals surface area (Å²) in [4.78, 5) is 8.27. The SMILES string of the molecule is CC[C@]12C=C[C@]3(c4ccc5c(c4)[C@@]46CCN7CCC[C@@](CC)(C=C[C@@H]4N5C)[C@H]76)N(C)c4ccccc4[C@@]34CC[N+](=C14)CCC2.O=S(=O)([O-])C(F)(F)F. The zero-order chi connectivity index (χ0) is 36.7. The number of rotatable bonds is 3. The lowest BCUT2D eigenvalue weighted by Crippen LogP contribution is -2.63. The number of halogens is 3. The minimum Gasteiger partial charge on any atom is -0.741 e. The second-order valence-electron chi connectivity index (χ2n) is 16.7. The topological polar surface area (TPSA) is 69.9 Å². The molecule has 0 amide bonds. The number of alkyl halides is 3. The van der Waals surface area contributed by atoms with E-state index in [0.29, 0.717) is 17.5 Å². The van der Waals surface area contributed by atoms with Crippen molar-refractivity contribution in [3.63, 3.8) is 0 Å². The third kappa shape index (κ3) is 3.95. The smallest absolute Gasteiger partial charge is 0.485 e. The van der Waals surface area contributed by atoms with Gasteiger partial charge in [0.05, 0.1) is 11.5 Å². The van der Waals surface area contributed by atoms with Crippen LogP contribution in [-0.2, 0) is 26.5 Å². The van der Waals surface area contributed by atoms with E-state index in [1.54, 1.807) is 16.8 Å². The van der Waals surface area contributed by atoms with E-state index < -0.39 is 15.6 Å². The lowest BCUT2D eigenvalue weighted by molar-refractivity contribution is -0.528. The maximum Gasteiger partial charge on any atom is 0.485 e. The molecule has 11 heteroatoms. The normalized spacial score (nSPS) is 37.9. The molecule has 2 fully saturated rings. The third-order valence-corrected chi connectivity index (χ3v) is 15.9. The molecule has 278 valence electrons. The van der Waals surface area contributed by atoms with Gasteiger partial charge < -0.3 is 14.4 Å². The first-order chi connectivity index (χ1) is 24.7. The Balaban J connectivity index is 0.000000407. The Kier molecular flexibility index (Phi) is 7.30. The minimum atomic E-state index is -6.09. The van der Waals surface area contributed by atoms with Gasteiger partial charge in [0.2, 0.25) is 0 Å². The maximum absolute atomic E-state index is 10.7. The Morgan fingerprint density at radius 2 is 1.65 bits per heavy atom. The van der Waals surface area contributed by atoms with Gasteiger partial charge in [0.15, 0.2) is 15.8 Å². The zero-order valence-corrected chi connectivity index (χ0v) is 31.4. The minimum absolute atomic E-state index is 0.0223. The molecule has 8 aliphatic rings. The average molecular weight is 735 g/mol. The largest absolute Gasteiger partial charge is 0.741 e. The molecule has 2 aromatic carbocycles. The molecule has 0 N–H and O–H groups in total. The molecular formula is C41H49F3N4O3S. The molecule has 7 nitrogen and oxygen atoms in total. The van der Waals surface area contributed by atoms with E-state index in [9.17, 15) is 13.2 Å². The van der Waals surface area contributed by atoms with Crippen LogP contribution in [0.3, 0.4) is 0 Å². The fourth-order valence-electron chi connectivity index (χ4n) is 13.3. The van der Waals surface area contributed by atoms with Crippen LogP contribution in [0.4, 0.5) is 24.5 Å². The van der Waals surface area contributed by atoms with Crippen LogP contribution in [0.1, 0.15) is 81.9 Å². The number of allylic oxidation sites excluding steroid dienone is 1. The first kappa shape index (κ1) is 34.6. The number of benzene rings is 2. The molecule has 0 bridgehead atoms. The van der Waals surface area contributed by atoms with Gasteiger partial charge in [-0.2, -0.15) is 13.2 Å². The van der Waals surface area contributed by atoms with E-state index in [1.165, 1.54) is 94.5 Å². The monoisotopic (exact) mass is 734 g/mol. The number of fused-ring (bicyclic) bond motifs is 2. The van der Waals surface area contributed by atoms with Gasteiger partial charge in [-0.1, -0.05) is 68.5 Å². The summed E-state index contributed by atoms with van der Waals surface area (Å²) in [5.74, 6) is 0. The fraction of sp³-hybridized carbons (Fsp3) is 0.585. The Hall–Kier alpha value is -3.15. The van der Waals surface area contributed by atoms with Crippen LogP contribution in [0.25, 0.3) is 0 Å². The molecule has 2 spiro atoms. The van der Waals surface area contributed by atoms with Crippen molar-refractivity contribution < 1.29 is 30.7 Å². The summed E-state index contributed by atoms with van der Waals surface area (Å²) in [5.41, 5.74) is 4.18. The summed E-state index contributed by atoms with van der Waals surface area (Å²) < 4.78 is 61.7. The second-order valence-corrected chi connectivity index (χ2v) is 18.1. The van der Waals surface area contributed by atoms with E-state index in [-0.39, 0.29) is 21.8 Å². The van der Waals surface area contributed by atoms with Crippen LogP contribution < -0.4 is 9.80 Å².